The average molecular weight is 303 g/mol. The third-order valence-corrected chi connectivity index (χ3v) is 5.02. The van der Waals surface area contributed by atoms with Crippen LogP contribution in [-0.2, 0) is 11.2 Å². The summed E-state index contributed by atoms with van der Waals surface area (Å²) < 4.78 is 0. The minimum Gasteiger partial charge on any atom is -0.481 e. The number of hydrogen-bond donors (Lipinski definition) is 2. The Hall–Kier alpha value is -2.11. The van der Waals surface area contributed by atoms with E-state index in [1.165, 1.54) is 0 Å². The van der Waals surface area contributed by atoms with E-state index in [2.05, 4.69) is 10.3 Å². The van der Waals surface area contributed by atoms with Gasteiger partial charge in [0.25, 0.3) is 0 Å². The van der Waals surface area contributed by atoms with Gasteiger partial charge in [0.2, 0.25) is 0 Å². The van der Waals surface area contributed by atoms with Crippen LogP contribution in [0.15, 0.2) is 24.5 Å². The van der Waals surface area contributed by atoms with Crippen LogP contribution in [0.25, 0.3) is 0 Å². The summed E-state index contributed by atoms with van der Waals surface area (Å²) in [7, 11) is 0. The van der Waals surface area contributed by atoms with E-state index in [-0.39, 0.29) is 11.9 Å². The normalized spacial score (nSPS) is 26.7. The number of carbonyl (C=O) groups excluding carboxylic acids is 1. The van der Waals surface area contributed by atoms with Gasteiger partial charge in [-0.25, -0.2) is 4.79 Å². The molecule has 2 atom stereocenters. The molecule has 3 rings (SSSR count). The van der Waals surface area contributed by atoms with Crippen molar-refractivity contribution in [3.05, 3.63) is 30.1 Å². The number of carboxylic acid groups (broad SMARTS) is 1. The predicted octanol–water partition coefficient (Wildman–Crippen LogP) is 1.52. The quantitative estimate of drug-likeness (QED) is 0.883. The standard InChI is InChI=1S/C16H21N3O3/c20-14(21)16-6-1-2-13(16)10-19(11-16)15(22)18-9-5-12-3-7-17-8-4-12/h3-4,7-8,13H,1-2,5-6,9-11H2,(H,18,22)(H,20,21)/t13-,16+/m0/s1. The fourth-order valence-electron chi connectivity index (χ4n) is 3.77. The molecule has 1 saturated carbocycles. The van der Waals surface area contributed by atoms with E-state index in [1.807, 2.05) is 12.1 Å². The van der Waals surface area contributed by atoms with Gasteiger partial charge in [-0.2, -0.15) is 0 Å². The van der Waals surface area contributed by atoms with Crippen LogP contribution in [0.2, 0.25) is 0 Å². The molecular weight excluding hydrogens is 282 g/mol. The molecule has 1 aromatic heterocycles. The number of aliphatic carboxylic acids is 1. The number of carboxylic acids is 1. The van der Waals surface area contributed by atoms with Crippen LogP contribution >= 0.6 is 0 Å². The first-order chi connectivity index (χ1) is 10.6. The van der Waals surface area contributed by atoms with Crippen LogP contribution in [0, 0.1) is 11.3 Å². The van der Waals surface area contributed by atoms with Gasteiger partial charge < -0.3 is 15.3 Å². The Morgan fingerprint density at radius 3 is 2.86 bits per heavy atom. The maximum absolute atomic E-state index is 12.2. The lowest BCUT2D eigenvalue weighted by Crippen LogP contribution is -2.42. The number of aromatic nitrogens is 1. The Kier molecular flexibility index (Phi) is 4.00. The number of pyridine rings is 1. The van der Waals surface area contributed by atoms with E-state index in [4.69, 9.17) is 0 Å². The van der Waals surface area contributed by atoms with Gasteiger partial charge in [0.1, 0.15) is 0 Å². The molecule has 22 heavy (non-hydrogen) atoms. The monoisotopic (exact) mass is 303 g/mol. The largest absolute Gasteiger partial charge is 0.481 e. The molecule has 2 aliphatic rings. The second-order valence-corrected chi connectivity index (χ2v) is 6.27. The van der Waals surface area contributed by atoms with E-state index in [0.717, 1.165) is 24.8 Å². The predicted molar refractivity (Wildman–Crippen MR) is 80.3 cm³/mol. The molecule has 1 aliphatic heterocycles. The summed E-state index contributed by atoms with van der Waals surface area (Å²) in [6, 6.07) is 3.70. The highest BCUT2D eigenvalue weighted by molar-refractivity contribution is 5.80. The molecule has 0 radical (unpaired) electrons. The van der Waals surface area contributed by atoms with Gasteiger partial charge >= 0.3 is 12.0 Å². The molecule has 2 N–H and O–H groups in total. The number of nitrogens with zero attached hydrogens (tertiary/aromatic N) is 2. The zero-order valence-corrected chi connectivity index (χ0v) is 12.5. The maximum Gasteiger partial charge on any atom is 0.317 e. The summed E-state index contributed by atoms with van der Waals surface area (Å²) in [6.45, 7) is 1.45. The number of rotatable bonds is 4. The van der Waals surface area contributed by atoms with Crippen molar-refractivity contribution in [1.82, 2.24) is 15.2 Å². The van der Waals surface area contributed by atoms with Crippen molar-refractivity contribution in [3.8, 4) is 0 Å². The van der Waals surface area contributed by atoms with Crippen molar-refractivity contribution in [2.45, 2.75) is 25.7 Å². The molecule has 6 nitrogen and oxygen atoms in total. The molecule has 118 valence electrons. The topological polar surface area (TPSA) is 82.5 Å². The van der Waals surface area contributed by atoms with E-state index in [0.29, 0.717) is 26.1 Å². The van der Waals surface area contributed by atoms with Gasteiger partial charge in [0.05, 0.1) is 5.41 Å². The molecule has 0 aromatic carbocycles. The molecule has 1 saturated heterocycles. The van der Waals surface area contributed by atoms with Gasteiger partial charge in [0, 0.05) is 32.0 Å². The van der Waals surface area contributed by atoms with Crippen molar-refractivity contribution < 1.29 is 14.7 Å². The molecule has 2 fully saturated rings. The van der Waals surface area contributed by atoms with Crippen LogP contribution in [0.4, 0.5) is 4.79 Å². The number of nitrogens with one attached hydrogen (secondary N) is 1. The number of carbonyl (C=O) groups is 2. The first-order valence-electron chi connectivity index (χ1n) is 7.77. The van der Waals surface area contributed by atoms with Crippen LogP contribution in [0.3, 0.4) is 0 Å². The molecule has 2 amide bonds. The van der Waals surface area contributed by atoms with Crippen molar-refractivity contribution in [2.75, 3.05) is 19.6 Å². The number of fused-ring (bicyclic) bond motifs is 1. The number of amides is 2. The Morgan fingerprint density at radius 2 is 2.18 bits per heavy atom. The highest BCUT2D eigenvalue weighted by Crippen LogP contribution is 2.48. The van der Waals surface area contributed by atoms with Gasteiger partial charge in [0.15, 0.2) is 0 Å². The lowest BCUT2D eigenvalue weighted by Gasteiger charge is -2.23. The number of hydrogen-bond acceptors (Lipinski definition) is 3. The number of urea groups is 1. The molecule has 1 aliphatic carbocycles. The Bertz CT molecular complexity index is 563. The third kappa shape index (κ3) is 2.65. The van der Waals surface area contributed by atoms with Crippen LogP contribution in [-0.4, -0.2) is 46.6 Å². The minimum absolute atomic E-state index is 0.107. The molecule has 0 unspecified atom stereocenters. The lowest BCUT2D eigenvalue weighted by molar-refractivity contribution is -0.149. The van der Waals surface area contributed by atoms with E-state index < -0.39 is 11.4 Å². The second-order valence-electron chi connectivity index (χ2n) is 6.27. The molecule has 2 heterocycles. The molecule has 0 spiro atoms. The minimum atomic E-state index is -0.748. The fraction of sp³-hybridized carbons (Fsp3) is 0.562. The molecule has 0 bridgehead atoms. The highest BCUT2D eigenvalue weighted by atomic mass is 16.4. The van der Waals surface area contributed by atoms with Crippen LogP contribution in [0.1, 0.15) is 24.8 Å². The second kappa shape index (κ2) is 5.94. The van der Waals surface area contributed by atoms with Crippen molar-refractivity contribution in [2.24, 2.45) is 11.3 Å². The summed E-state index contributed by atoms with van der Waals surface area (Å²) in [5.74, 6) is -0.641. The van der Waals surface area contributed by atoms with Crippen LogP contribution in [0.5, 0.6) is 0 Å². The maximum atomic E-state index is 12.2. The average Bonchev–Trinajstić information content (AvgIpc) is 3.06. The zero-order valence-electron chi connectivity index (χ0n) is 12.5. The first kappa shape index (κ1) is 14.8. The molecule has 6 heteroatoms. The van der Waals surface area contributed by atoms with Gasteiger partial charge in [-0.1, -0.05) is 6.42 Å². The van der Waals surface area contributed by atoms with Crippen LogP contribution < -0.4 is 5.32 Å². The molecule has 1 aromatic rings. The first-order valence-corrected chi connectivity index (χ1v) is 7.77. The summed E-state index contributed by atoms with van der Waals surface area (Å²) >= 11 is 0. The Labute approximate surface area is 129 Å². The number of likely N-dealkylation sites (tertiary alicyclic amines) is 1. The Morgan fingerprint density at radius 1 is 1.41 bits per heavy atom. The molecular formula is C16H21N3O3. The van der Waals surface area contributed by atoms with E-state index >= 15 is 0 Å². The summed E-state index contributed by atoms with van der Waals surface area (Å²) in [4.78, 5) is 29.5. The van der Waals surface area contributed by atoms with Crippen molar-refractivity contribution in [3.63, 3.8) is 0 Å². The summed E-state index contributed by atoms with van der Waals surface area (Å²) in [6.07, 6.45) is 6.76. The highest BCUT2D eigenvalue weighted by Gasteiger charge is 2.55. The van der Waals surface area contributed by atoms with Gasteiger partial charge in [-0.15, -0.1) is 0 Å². The summed E-state index contributed by atoms with van der Waals surface area (Å²) in [5, 5.41) is 12.4. The van der Waals surface area contributed by atoms with Crippen molar-refractivity contribution in [1.29, 1.82) is 0 Å². The Balaban J connectivity index is 1.53. The van der Waals surface area contributed by atoms with Gasteiger partial charge in [-0.3, -0.25) is 9.78 Å². The van der Waals surface area contributed by atoms with Gasteiger partial charge in [-0.05, 0) is 42.9 Å². The smallest absolute Gasteiger partial charge is 0.317 e. The fourth-order valence-corrected chi connectivity index (χ4v) is 3.77. The van der Waals surface area contributed by atoms with E-state index in [1.54, 1.807) is 17.3 Å². The zero-order chi connectivity index (χ0) is 15.6. The lowest BCUT2D eigenvalue weighted by atomic mass is 9.81. The van der Waals surface area contributed by atoms with E-state index in [9.17, 15) is 14.7 Å². The third-order valence-electron chi connectivity index (χ3n) is 5.02. The summed E-state index contributed by atoms with van der Waals surface area (Å²) in [5.41, 5.74) is 0.415. The van der Waals surface area contributed by atoms with Crippen molar-refractivity contribution >= 4 is 12.0 Å². The SMILES string of the molecule is O=C(NCCc1ccncc1)N1C[C@@H]2CCC[C@@]2(C(=O)O)C1.